The first-order valence-electron chi connectivity index (χ1n) is 6.72. The second kappa shape index (κ2) is 7.63. The molecule has 0 heterocycles. The van der Waals surface area contributed by atoms with Gasteiger partial charge in [-0.3, -0.25) is 4.79 Å². The van der Waals surface area contributed by atoms with E-state index in [0.717, 1.165) is 5.56 Å². The minimum absolute atomic E-state index is 0.305. The number of carbonyl (C=O) groups excluding carboxylic acids is 1. The number of anilines is 1. The average molecular weight is 392 g/mol. The molecule has 3 nitrogen and oxygen atoms in total. The van der Waals surface area contributed by atoms with Crippen LogP contribution in [0, 0.1) is 6.92 Å². The summed E-state index contributed by atoms with van der Waals surface area (Å²) in [7, 11) is 0. The van der Waals surface area contributed by atoms with Crippen LogP contribution >= 0.6 is 46.4 Å². The van der Waals surface area contributed by atoms with Crippen molar-refractivity contribution in [3.8, 4) is 0 Å². The predicted molar refractivity (Wildman–Crippen MR) is 97.8 cm³/mol. The summed E-state index contributed by atoms with van der Waals surface area (Å²) < 4.78 is -1.75. The molecule has 2 rings (SSSR count). The lowest BCUT2D eigenvalue weighted by molar-refractivity contribution is 0.0942. The number of hydrogen-bond donors (Lipinski definition) is 2. The van der Waals surface area contributed by atoms with Gasteiger partial charge in [-0.1, -0.05) is 76.2 Å². The molecule has 0 aliphatic carbocycles. The third-order valence-corrected chi connectivity index (χ3v) is 4.07. The first-order valence-corrected chi connectivity index (χ1v) is 8.24. The van der Waals surface area contributed by atoms with E-state index in [2.05, 4.69) is 10.6 Å². The number of amides is 1. The second-order valence-electron chi connectivity index (χ2n) is 4.94. The van der Waals surface area contributed by atoms with Gasteiger partial charge in [0.15, 0.2) is 0 Å². The maximum Gasteiger partial charge on any atom is 0.254 e. The van der Waals surface area contributed by atoms with Crippen LogP contribution in [0.2, 0.25) is 5.02 Å². The third kappa shape index (κ3) is 5.18. The fourth-order valence-electron chi connectivity index (χ4n) is 1.87. The molecule has 0 saturated carbocycles. The summed E-state index contributed by atoms with van der Waals surface area (Å²) in [6.07, 6.45) is -0.932. The zero-order chi connectivity index (χ0) is 17.0. The van der Waals surface area contributed by atoms with Gasteiger partial charge in [-0.2, -0.15) is 0 Å². The Morgan fingerprint density at radius 3 is 2.22 bits per heavy atom. The second-order valence-corrected chi connectivity index (χ2v) is 7.71. The number of aryl methyl sites for hydroxylation is 1. The number of carbonyl (C=O) groups is 1. The van der Waals surface area contributed by atoms with E-state index in [1.807, 2.05) is 31.2 Å². The Kier molecular flexibility index (Phi) is 6.04. The molecule has 0 aliphatic heterocycles. The van der Waals surface area contributed by atoms with Crippen LogP contribution in [0.5, 0.6) is 0 Å². The summed E-state index contributed by atoms with van der Waals surface area (Å²) in [5.41, 5.74) is 2.12. The van der Waals surface area contributed by atoms with E-state index in [4.69, 9.17) is 46.4 Å². The zero-order valence-corrected chi connectivity index (χ0v) is 15.1. The van der Waals surface area contributed by atoms with Crippen molar-refractivity contribution in [1.82, 2.24) is 5.32 Å². The van der Waals surface area contributed by atoms with Crippen LogP contribution < -0.4 is 10.6 Å². The summed E-state index contributed by atoms with van der Waals surface area (Å²) in [6, 6.07) is 14.1. The summed E-state index contributed by atoms with van der Waals surface area (Å²) in [6.45, 7) is 1.97. The molecule has 0 aromatic heterocycles. The topological polar surface area (TPSA) is 41.1 Å². The number of halogens is 4. The molecule has 7 heteroatoms. The van der Waals surface area contributed by atoms with Crippen LogP contribution in [-0.4, -0.2) is 15.9 Å². The van der Waals surface area contributed by atoms with E-state index >= 15 is 0 Å². The van der Waals surface area contributed by atoms with Crippen molar-refractivity contribution in [2.45, 2.75) is 16.9 Å². The highest BCUT2D eigenvalue weighted by atomic mass is 35.6. The van der Waals surface area contributed by atoms with Crippen molar-refractivity contribution in [2.24, 2.45) is 0 Å². The van der Waals surface area contributed by atoms with E-state index in [1.54, 1.807) is 24.3 Å². The minimum Gasteiger partial charge on any atom is -0.362 e. The van der Waals surface area contributed by atoms with Crippen LogP contribution in [-0.2, 0) is 0 Å². The van der Waals surface area contributed by atoms with Crippen molar-refractivity contribution in [3.05, 3.63) is 64.7 Å². The SMILES string of the molecule is Cc1ccc(N[C@H](NC(=O)c2ccccc2Cl)C(Cl)(Cl)Cl)cc1. The van der Waals surface area contributed by atoms with Gasteiger partial charge in [0, 0.05) is 5.69 Å². The highest BCUT2D eigenvalue weighted by molar-refractivity contribution is 6.68. The van der Waals surface area contributed by atoms with Crippen molar-refractivity contribution in [3.63, 3.8) is 0 Å². The lowest BCUT2D eigenvalue weighted by Crippen LogP contribution is -2.49. The molecule has 0 saturated heterocycles. The van der Waals surface area contributed by atoms with Crippen LogP contribution in [0.15, 0.2) is 48.5 Å². The summed E-state index contributed by atoms with van der Waals surface area (Å²) in [5.74, 6) is -0.438. The molecule has 122 valence electrons. The largest absolute Gasteiger partial charge is 0.362 e. The normalized spacial score (nSPS) is 12.6. The van der Waals surface area contributed by atoms with Crippen molar-refractivity contribution < 1.29 is 4.79 Å². The van der Waals surface area contributed by atoms with Crippen LogP contribution in [0.4, 0.5) is 5.69 Å². The Morgan fingerprint density at radius 1 is 1.04 bits per heavy atom. The van der Waals surface area contributed by atoms with Gasteiger partial charge in [0.25, 0.3) is 5.91 Å². The summed E-state index contributed by atoms with van der Waals surface area (Å²) in [5, 5.41) is 5.96. The van der Waals surface area contributed by atoms with E-state index in [1.165, 1.54) is 0 Å². The lowest BCUT2D eigenvalue weighted by Gasteiger charge is -2.27. The molecule has 1 atom stereocenters. The Labute approximate surface area is 154 Å². The van der Waals surface area contributed by atoms with E-state index in [-0.39, 0.29) is 0 Å². The maximum absolute atomic E-state index is 12.4. The van der Waals surface area contributed by atoms with Crippen LogP contribution in [0.3, 0.4) is 0 Å². The number of alkyl halides is 3. The average Bonchev–Trinajstić information content (AvgIpc) is 2.48. The molecule has 0 spiro atoms. The molecule has 2 aromatic carbocycles. The van der Waals surface area contributed by atoms with Crippen molar-refractivity contribution >= 4 is 58.0 Å². The first-order chi connectivity index (χ1) is 10.8. The number of rotatable bonds is 4. The Bertz CT molecular complexity index is 683. The summed E-state index contributed by atoms with van der Waals surface area (Å²) >= 11 is 23.9. The van der Waals surface area contributed by atoms with Gasteiger partial charge in [-0.15, -0.1) is 0 Å². The quantitative estimate of drug-likeness (QED) is 0.556. The standard InChI is InChI=1S/C16H14Cl4N2O/c1-10-6-8-11(9-7-10)21-15(16(18,19)20)22-14(23)12-4-2-3-5-13(12)17/h2-9,15,21H,1H3,(H,22,23)/t15-/m1/s1. The number of hydrogen-bond acceptors (Lipinski definition) is 2. The van der Waals surface area contributed by atoms with Crippen LogP contribution in [0.1, 0.15) is 15.9 Å². The van der Waals surface area contributed by atoms with Gasteiger partial charge < -0.3 is 10.6 Å². The highest BCUT2D eigenvalue weighted by Gasteiger charge is 2.34. The monoisotopic (exact) mass is 390 g/mol. The molecule has 0 aliphatic rings. The van der Waals surface area contributed by atoms with Gasteiger partial charge in [0.1, 0.15) is 6.17 Å². The zero-order valence-electron chi connectivity index (χ0n) is 12.1. The highest BCUT2D eigenvalue weighted by Crippen LogP contribution is 2.31. The fraction of sp³-hybridized carbons (Fsp3) is 0.188. The molecule has 0 bridgehead atoms. The van der Waals surface area contributed by atoms with Gasteiger partial charge >= 0.3 is 0 Å². The van der Waals surface area contributed by atoms with E-state index < -0.39 is 15.9 Å². The number of nitrogens with one attached hydrogen (secondary N) is 2. The molecule has 23 heavy (non-hydrogen) atoms. The Hall–Kier alpha value is -1.13. The fourth-order valence-corrected chi connectivity index (χ4v) is 2.42. The molecule has 1 amide bonds. The van der Waals surface area contributed by atoms with Crippen LogP contribution in [0.25, 0.3) is 0 Å². The molecule has 0 radical (unpaired) electrons. The first kappa shape index (κ1) is 18.2. The van der Waals surface area contributed by atoms with Gasteiger partial charge in [0.2, 0.25) is 3.79 Å². The third-order valence-electron chi connectivity index (χ3n) is 3.08. The Morgan fingerprint density at radius 2 is 1.65 bits per heavy atom. The predicted octanol–water partition coefficient (Wildman–Crippen LogP) is 5.19. The molecular formula is C16H14Cl4N2O. The molecule has 0 unspecified atom stereocenters. The van der Waals surface area contributed by atoms with Gasteiger partial charge in [-0.25, -0.2) is 0 Å². The van der Waals surface area contributed by atoms with Crippen molar-refractivity contribution in [2.75, 3.05) is 5.32 Å². The van der Waals surface area contributed by atoms with E-state index in [9.17, 15) is 4.79 Å². The van der Waals surface area contributed by atoms with Gasteiger partial charge in [0.05, 0.1) is 10.6 Å². The maximum atomic E-state index is 12.4. The van der Waals surface area contributed by atoms with Gasteiger partial charge in [-0.05, 0) is 31.2 Å². The lowest BCUT2D eigenvalue weighted by atomic mass is 10.2. The summed E-state index contributed by atoms with van der Waals surface area (Å²) in [4.78, 5) is 12.4. The number of benzene rings is 2. The molecule has 2 aromatic rings. The Balaban J connectivity index is 2.18. The minimum atomic E-state index is -1.75. The van der Waals surface area contributed by atoms with Crippen molar-refractivity contribution in [1.29, 1.82) is 0 Å². The molecule has 0 fully saturated rings. The molecular weight excluding hydrogens is 378 g/mol. The van der Waals surface area contributed by atoms with E-state index in [0.29, 0.717) is 16.3 Å². The molecule has 2 N–H and O–H groups in total. The smallest absolute Gasteiger partial charge is 0.254 e.